The van der Waals surface area contributed by atoms with Gasteiger partial charge in [-0.05, 0) is 43.4 Å². The standard InChI is InChI=1S/C16H20N4O4S3/c1-24-12-3-5-13(6-4-12)27(22,23)20-9-7-11(8-10-20)14(21)17-15-18-19-16(25-2)26-15/h3-6,11H,7-10H2,1-2H3,(H,17,18,21). The maximum Gasteiger partial charge on any atom is 0.243 e. The number of sulfonamides is 1. The number of hydrogen-bond donors (Lipinski definition) is 1. The van der Waals surface area contributed by atoms with Crippen molar-refractivity contribution in [3.63, 3.8) is 0 Å². The third-order valence-corrected chi connectivity index (χ3v) is 8.06. The van der Waals surface area contributed by atoms with E-state index in [9.17, 15) is 13.2 Å². The number of nitrogens with zero attached hydrogens (tertiary/aromatic N) is 3. The van der Waals surface area contributed by atoms with E-state index in [1.807, 2.05) is 6.26 Å². The zero-order chi connectivity index (χ0) is 19.4. The minimum Gasteiger partial charge on any atom is -0.497 e. The lowest BCUT2D eigenvalue weighted by atomic mass is 9.97. The molecule has 146 valence electrons. The maximum atomic E-state index is 12.8. The number of amides is 1. The molecule has 0 spiro atoms. The van der Waals surface area contributed by atoms with E-state index in [1.54, 1.807) is 12.1 Å². The van der Waals surface area contributed by atoms with Crippen LogP contribution in [0.1, 0.15) is 12.8 Å². The molecule has 0 aliphatic carbocycles. The van der Waals surface area contributed by atoms with Crippen LogP contribution in [0, 0.1) is 5.92 Å². The van der Waals surface area contributed by atoms with Crippen LogP contribution >= 0.6 is 23.1 Å². The highest BCUT2D eigenvalue weighted by Crippen LogP contribution is 2.27. The summed E-state index contributed by atoms with van der Waals surface area (Å²) in [6, 6.07) is 6.31. The first kappa shape index (κ1) is 20.1. The lowest BCUT2D eigenvalue weighted by Crippen LogP contribution is -2.41. The minimum atomic E-state index is -3.57. The van der Waals surface area contributed by atoms with Crippen LogP contribution in [0.4, 0.5) is 5.13 Å². The smallest absolute Gasteiger partial charge is 0.243 e. The number of piperidine rings is 1. The Labute approximate surface area is 166 Å². The van der Waals surface area contributed by atoms with Crippen molar-refractivity contribution in [2.24, 2.45) is 5.92 Å². The lowest BCUT2D eigenvalue weighted by molar-refractivity contribution is -0.120. The molecular weight excluding hydrogens is 408 g/mol. The monoisotopic (exact) mass is 428 g/mol. The number of aromatic nitrogens is 2. The number of ether oxygens (including phenoxy) is 1. The molecule has 2 aromatic rings. The number of benzene rings is 1. The van der Waals surface area contributed by atoms with Crippen LogP contribution in [-0.4, -0.2) is 55.3 Å². The van der Waals surface area contributed by atoms with Crippen molar-refractivity contribution in [3.8, 4) is 5.75 Å². The summed E-state index contributed by atoms with van der Waals surface area (Å²) >= 11 is 2.79. The van der Waals surface area contributed by atoms with Crippen molar-refractivity contribution in [2.45, 2.75) is 22.1 Å². The van der Waals surface area contributed by atoms with E-state index in [0.29, 0.717) is 36.8 Å². The number of nitrogens with one attached hydrogen (secondary N) is 1. The molecule has 27 heavy (non-hydrogen) atoms. The van der Waals surface area contributed by atoms with E-state index in [0.717, 1.165) is 4.34 Å². The quantitative estimate of drug-likeness (QED) is 0.556. The van der Waals surface area contributed by atoms with Gasteiger partial charge in [0.1, 0.15) is 5.75 Å². The molecule has 1 N–H and O–H groups in total. The van der Waals surface area contributed by atoms with Crippen LogP contribution in [0.3, 0.4) is 0 Å². The van der Waals surface area contributed by atoms with Gasteiger partial charge in [0.05, 0.1) is 12.0 Å². The van der Waals surface area contributed by atoms with Gasteiger partial charge in [0.25, 0.3) is 0 Å². The van der Waals surface area contributed by atoms with Crippen molar-refractivity contribution in [2.75, 3.05) is 31.8 Å². The second-order valence-corrected chi connectivity index (χ2v) is 9.89. The molecule has 0 atom stereocenters. The predicted octanol–water partition coefficient (Wildman–Crippen LogP) is 2.31. The summed E-state index contributed by atoms with van der Waals surface area (Å²) in [5.74, 6) is 0.222. The number of carbonyl (C=O) groups excluding carboxylic acids is 1. The van der Waals surface area contributed by atoms with E-state index in [1.165, 1.54) is 46.6 Å². The summed E-state index contributed by atoms with van der Waals surface area (Å²) in [5.41, 5.74) is 0. The fourth-order valence-corrected chi connectivity index (χ4v) is 5.45. The number of anilines is 1. The van der Waals surface area contributed by atoms with Crippen molar-refractivity contribution < 1.29 is 17.9 Å². The second-order valence-electron chi connectivity index (χ2n) is 5.92. The molecule has 11 heteroatoms. The second kappa shape index (κ2) is 8.55. The first-order chi connectivity index (χ1) is 12.9. The first-order valence-corrected chi connectivity index (χ1v) is 11.7. The molecule has 1 aliphatic heterocycles. The van der Waals surface area contributed by atoms with Gasteiger partial charge < -0.3 is 10.1 Å². The Morgan fingerprint density at radius 1 is 1.26 bits per heavy atom. The van der Waals surface area contributed by atoms with Gasteiger partial charge in [0, 0.05) is 19.0 Å². The molecule has 1 amide bonds. The molecule has 0 saturated carbocycles. The highest BCUT2D eigenvalue weighted by atomic mass is 32.2. The Balaban J connectivity index is 1.59. The number of methoxy groups -OCH3 is 1. The fourth-order valence-electron chi connectivity index (χ4n) is 2.81. The van der Waals surface area contributed by atoms with E-state index in [4.69, 9.17) is 4.74 Å². The van der Waals surface area contributed by atoms with Gasteiger partial charge in [-0.15, -0.1) is 10.2 Å². The van der Waals surface area contributed by atoms with Crippen molar-refractivity contribution in [1.29, 1.82) is 0 Å². The Kier molecular flexibility index (Phi) is 6.35. The van der Waals surface area contributed by atoms with Gasteiger partial charge in [-0.1, -0.05) is 23.1 Å². The molecule has 1 aliphatic rings. The maximum absolute atomic E-state index is 12.8. The van der Waals surface area contributed by atoms with Gasteiger partial charge in [-0.2, -0.15) is 4.31 Å². The third kappa shape index (κ3) is 4.60. The van der Waals surface area contributed by atoms with Gasteiger partial charge in [0.15, 0.2) is 4.34 Å². The van der Waals surface area contributed by atoms with Crippen LogP contribution in [0.15, 0.2) is 33.5 Å². The number of rotatable bonds is 6. The Morgan fingerprint density at radius 2 is 1.93 bits per heavy atom. The minimum absolute atomic E-state index is 0.139. The van der Waals surface area contributed by atoms with Crippen LogP contribution in [-0.2, 0) is 14.8 Å². The van der Waals surface area contributed by atoms with Crippen LogP contribution in [0.5, 0.6) is 5.75 Å². The zero-order valence-corrected chi connectivity index (χ0v) is 17.4. The van der Waals surface area contributed by atoms with E-state index < -0.39 is 10.0 Å². The average molecular weight is 429 g/mol. The van der Waals surface area contributed by atoms with Gasteiger partial charge in [0.2, 0.25) is 21.1 Å². The molecule has 8 nitrogen and oxygen atoms in total. The molecular formula is C16H20N4O4S3. The van der Waals surface area contributed by atoms with E-state index in [2.05, 4.69) is 15.5 Å². The third-order valence-electron chi connectivity index (χ3n) is 4.33. The van der Waals surface area contributed by atoms with Gasteiger partial charge in [-0.25, -0.2) is 8.42 Å². The zero-order valence-electron chi connectivity index (χ0n) is 14.9. The first-order valence-electron chi connectivity index (χ1n) is 8.26. The Bertz CT molecular complexity index is 891. The molecule has 1 aromatic carbocycles. The van der Waals surface area contributed by atoms with Crippen molar-refractivity contribution in [1.82, 2.24) is 14.5 Å². The Hall–Kier alpha value is -1.69. The normalized spacial score (nSPS) is 16.2. The number of thioether (sulfide) groups is 1. The lowest BCUT2D eigenvalue weighted by Gasteiger charge is -2.30. The molecule has 0 unspecified atom stereocenters. The molecule has 1 aromatic heterocycles. The van der Waals surface area contributed by atoms with E-state index >= 15 is 0 Å². The highest BCUT2D eigenvalue weighted by Gasteiger charge is 2.32. The topological polar surface area (TPSA) is 101 Å². The predicted molar refractivity (Wildman–Crippen MR) is 105 cm³/mol. The molecule has 2 heterocycles. The molecule has 0 bridgehead atoms. The van der Waals surface area contributed by atoms with Crippen molar-refractivity contribution >= 4 is 44.2 Å². The van der Waals surface area contributed by atoms with Crippen LogP contribution in [0.25, 0.3) is 0 Å². The van der Waals surface area contributed by atoms with Gasteiger partial charge in [-0.3, -0.25) is 4.79 Å². The molecule has 3 rings (SSSR count). The van der Waals surface area contributed by atoms with Crippen molar-refractivity contribution in [3.05, 3.63) is 24.3 Å². The summed E-state index contributed by atoms with van der Waals surface area (Å²) in [7, 11) is -2.04. The molecule has 1 fully saturated rings. The molecule has 0 radical (unpaired) electrons. The summed E-state index contributed by atoms with van der Waals surface area (Å²) in [6.45, 7) is 0.608. The molecule has 1 saturated heterocycles. The van der Waals surface area contributed by atoms with E-state index in [-0.39, 0.29) is 16.7 Å². The number of hydrogen-bond acceptors (Lipinski definition) is 8. The summed E-state index contributed by atoms with van der Waals surface area (Å²) in [5, 5.41) is 11.1. The fraction of sp³-hybridized carbons (Fsp3) is 0.438. The van der Waals surface area contributed by atoms with Crippen LogP contribution < -0.4 is 10.1 Å². The van der Waals surface area contributed by atoms with Gasteiger partial charge >= 0.3 is 0 Å². The summed E-state index contributed by atoms with van der Waals surface area (Å²) < 4.78 is 32.8. The SMILES string of the molecule is COc1ccc(S(=O)(=O)N2CCC(C(=O)Nc3nnc(SC)s3)CC2)cc1. The average Bonchev–Trinajstić information content (AvgIpc) is 3.15. The number of carbonyl (C=O) groups is 1. The van der Waals surface area contributed by atoms with Crippen LogP contribution in [0.2, 0.25) is 0 Å². The largest absolute Gasteiger partial charge is 0.497 e. The summed E-state index contributed by atoms with van der Waals surface area (Å²) in [4.78, 5) is 12.6. The summed E-state index contributed by atoms with van der Waals surface area (Å²) in [6.07, 6.45) is 2.83. The highest BCUT2D eigenvalue weighted by molar-refractivity contribution is 8.00. The Morgan fingerprint density at radius 3 is 2.48 bits per heavy atom.